The van der Waals surface area contributed by atoms with Crippen molar-refractivity contribution in [3.8, 4) is 0 Å². The number of hydrogen-bond donors (Lipinski definition) is 1. The SMILES string of the molecule is CC1(C)OB(C2=c3ccccc3=C(c3ccccc3)NC2)OC1(C)C. The molecule has 1 N–H and O–H groups in total. The molecule has 25 heavy (non-hydrogen) atoms. The van der Waals surface area contributed by atoms with Crippen LogP contribution >= 0.6 is 0 Å². The minimum atomic E-state index is -0.330. The van der Waals surface area contributed by atoms with Crippen molar-refractivity contribution in [2.45, 2.75) is 38.9 Å². The van der Waals surface area contributed by atoms with Gasteiger partial charge in [0.2, 0.25) is 0 Å². The van der Waals surface area contributed by atoms with E-state index in [4.69, 9.17) is 9.31 Å². The molecule has 0 atom stereocenters. The first-order valence-corrected chi connectivity index (χ1v) is 8.86. The van der Waals surface area contributed by atoms with Crippen LogP contribution in [-0.4, -0.2) is 24.9 Å². The lowest BCUT2D eigenvalue weighted by Gasteiger charge is -2.32. The van der Waals surface area contributed by atoms with Gasteiger partial charge in [-0.3, -0.25) is 0 Å². The lowest BCUT2D eigenvalue weighted by atomic mass is 9.75. The fourth-order valence-electron chi connectivity index (χ4n) is 3.41. The highest BCUT2D eigenvalue weighted by Gasteiger charge is 2.52. The van der Waals surface area contributed by atoms with Crippen LogP contribution in [0.2, 0.25) is 0 Å². The van der Waals surface area contributed by atoms with E-state index in [9.17, 15) is 0 Å². The zero-order valence-corrected chi connectivity index (χ0v) is 15.3. The third-order valence-corrected chi connectivity index (χ3v) is 5.60. The van der Waals surface area contributed by atoms with Gasteiger partial charge in [-0.05, 0) is 43.9 Å². The Kier molecular flexibility index (Phi) is 3.78. The lowest BCUT2D eigenvalue weighted by molar-refractivity contribution is 0.00578. The normalized spacial score (nSPS) is 21.0. The van der Waals surface area contributed by atoms with E-state index >= 15 is 0 Å². The van der Waals surface area contributed by atoms with Gasteiger partial charge >= 0.3 is 7.12 Å². The van der Waals surface area contributed by atoms with Gasteiger partial charge in [0.25, 0.3) is 0 Å². The van der Waals surface area contributed by atoms with Crippen molar-refractivity contribution >= 4 is 18.3 Å². The van der Waals surface area contributed by atoms with E-state index in [1.165, 1.54) is 16.0 Å². The van der Waals surface area contributed by atoms with Crippen LogP contribution in [0.25, 0.3) is 11.2 Å². The van der Waals surface area contributed by atoms with Gasteiger partial charge in [0.05, 0.1) is 11.2 Å². The molecule has 0 unspecified atom stereocenters. The van der Waals surface area contributed by atoms with Gasteiger partial charge in [0.15, 0.2) is 0 Å². The zero-order valence-electron chi connectivity index (χ0n) is 15.3. The van der Waals surface area contributed by atoms with E-state index in [0.29, 0.717) is 0 Å². The molecule has 0 aromatic heterocycles. The Hall–Kier alpha value is -2.04. The van der Waals surface area contributed by atoms with Crippen molar-refractivity contribution in [3.63, 3.8) is 0 Å². The number of fused-ring (bicyclic) bond motifs is 1. The van der Waals surface area contributed by atoms with E-state index in [-0.39, 0.29) is 18.3 Å². The molecule has 3 nitrogen and oxygen atoms in total. The second-order valence-corrected chi connectivity index (χ2v) is 7.75. The molecule has 0 spiro atoms. The van der Waals surface area contributed by atoms with Gasteiger partial charge in [-0.25, -0.2) is 0 Å². The molecule has 2 aliphatic rings. The van der Waals surface area contributed by atoms with Crippen molar-refractivity contribution < 1.29 is 9.31 Å². The van der Waals surface area contributed by atoms with Gasteiger partial charge < -0.3 is 14.6 Å². The highest BCUT2D eigenvalue weighted by molar-refractivity contribution is 6.66. The predicted molar refractivity (Wildman–Crippen MR) is 102 cm³/mol. The Labute approximate surface area is 149 Å². The third-order valence-electron chi connectivity index (χ3n) is 5.60. The van der Waals surface area contributed by atoms with E-state index in [1.54, 1.807) is 0 Å². The molecule has 128 valence electrons. The third kappa shape index (κ3) is 2.70. The summed E-state index contributed by atoms with van der Waals surface area (Å²) in [5.41, 5.74) is 2.86. The average Bonchev–Trinajstić information content (AvgIpc) is 2.82. The van der Waals surface area contributed by atoms with Crippen LogP contribution in [-0.2, 0) is 9.31 Å². The summed E-state index contributed by atoms with van der Waals surface area (Å²) in [5, 5.41) is 6.00. The number of rotatable bonds is 2. The molecule has 1 fully saturated rings. The summed E-state index contributed by atoms with van der Waals surface area (Å²) in [4.78, 5) is 0. The molecule has 2 aromatic carbocycles. The molecule has 0 amide bonds. The molecule has 0 aliphatic carbocycles. The highest BCUT2D eigenvalue weighted by atomic mass is 16.7. The second kappa shape index (κ2) is 5.75. The van der Waals surface area contributed by atoms with Gasteiger partial charge in [-0.2, -0.15) is 0 Å². The molecule has 2 heterocycles. The summed E-state index contributed by atoms with van der Waals surface area (Å²) < 4.78 is 12.6. The zero-order chi connectivity index (χ0) is 17.7. The monoisotopic (exact) mass is 333 g/mol. The summed E-state index contributed by atoms with van der Waals surface area (Å²) in [6.45, 7) is 9.10. The molecule has 0 bridgehead atoms. The smallest absolute Gasteiger partial charge is 0.400 e. The largest absolute Gasteiger partial charge is 0.493 e. The Morgan fingerprint density at radius 2 is 1.36 bits per heavy atom. The van der Waals surface area contributed by atoms with Crippen LogP contribution < -0.4 is 15.8 Å². The van der Waals surface area contributed by atoms with E-state index < -0.39 is 0 Å². The van der Waals surface area contributed by atoms with Gasteiger partial charge in [0, 0.05) is 17.5 Å². The minimum absolute atomic E-state index is 0.323. The first kappa shape index (κ1) is 16.4. The van der Waals surface area contributed by atoms with Crippen molar-refractivity contribution in [3.05, 3.63) is 70.6 Å². The summed E-state index contributed by atoms with van der Waals surface area (Å²) >= 11 is 0. The maximum Gasteiger partial charge on any atom is 0.493 e. The van der Waals surface area contributed by atoms with Gasteiger partial charge in [-0.1, -0.05) is 54.6 Å². The van der Waals surface area contributed by atoms with E-state index in [2.05, 4.69) is 81.5 Å². The first-order chi connectivity index (χ1) is 11.9. The Morgan fingerprint density at radius 1 is 0.800 bits per heavy atom. The summed E-state index contributed by atoms with van der Waals surface area (Å²) in [6, 6.07) is 18.9. The fraction of sp³-hybridized carbons (Fsp3) is 0.333. The molecular formula is C21H24BNO2. The van der Waals surface area contributed by atoms with Crippen LogP contribution in [0.5, 0.6) is 0 Å². The van der Waals surface area contributed by atoms with Crippen LogP contribution in [0.3, 0.4) is 0 Å². The van der Waals surface area contributed by atoms with Crippen LogP contribution in [0.1, 0.15) is 33.3 Å². The summed E-state index contributed by atoms with van der Waals surface area (Å²) in [7, 11) is -0.323. The highest BCUT2D eigenvalue weighted by Crippen LogP contribution is 2.38. The van der Waals surface area contributed by atoms with Gasteiger partial charge in [-0.15, -0.1) is 0 Å². The standard InChI is InChI=1S/C21H24BNO2/c1-20(2)21(3,4)25-22(24-20)18-14-23-19(15-10-6-5-7-11-15)17-13-9-8-12-16(17)18/h5-13,23H,14H2,1-4H3. The molecule has 2 aromatic rings. The molecule has 2 aliphatic heterocycles. The fourth-order valence-corrected chi connectivity index (χ4v) is 3.41. The Bertz CT molecular complexity index is 902. The quantitative estimate of drug-likeness (QED) is 0.855. The van der Waals surface area contributed by atoms with Crippen LogP contribution in [0.15, 0.2) is 54.6 Å². The van der Waals surface area contributed by atoms with E-state index in [0.717, 1.165) is 17.7 Å². The molecular weight excluding hydrogens is 309 g/mol. The molecule has 0 saturated carbocycles. The second-order valence-electron chi connectivity index (χ2n) is 7.75. The van der Waals surface area contributed by atoms with Crippen molar-refractivity contribution in [1.82, 2.24) is 5.32 Å². The van der Waals surface area contributed by atoms with Crippen molar-refractivity contribution in [2.24, 2.45) is 0 Å². The molecule has 1 saturated heterocycles. The van der Waals surface area contributed by atoms with Crippen LogP contribution in [0.4, 0.5) is 0 Å². The molecule has 4 rings (SSSR count). The maximum absolute atomic E-state index is 6.29. The lowest BCUT2D eigenvalue weighted by Crippen LogP contribution is -2.45. The average molecular weight is 333 g/mol. The predicted octanol–water partition coefficient (Wildman–Crippen LogP) is 2.23. The van der Waals surface area contributed by atoms with E-state index in [1.807, 2.05) is 6.07 Å². The van der Waals surface area contributed by atoms with Crippen molar-refractivity contribution in [2.75, 3.05) is 6.54 Å². The summed E-state index contributed by atoms with van der Waals surface area (Å²) in [6.07, 6.45) is 0. The minimum Gasteiger partial charge on any atom is -0.400 e. The Morgan fingerprint density at radius 3 is 2.00 bits per heavy atom. The van der Waals surface area contributed by atoms with Gasteiger partial charge in [0.1, 0.15) is 0 Å². The summed E-state index contributed by atoms with van der Waals surface area (Å²) in [5.74, 6) is 0. The number of hydrogen-bond acceptors (Lipinski definition) is 3. The maximum atomic E-state index is 6.29. The number of nitrogens with one attached hydrogen (secondary N) is 1. The topological polar surface area (TPSA) is 30.5 Å². The molecule has 4 heteroatoms. The first-order valence-electron chi connectivity index (χ1n) is 8.86. The molecule has 0 radical (unpaired) electrons. The number of benzene rings is 2. The Balaban J connectivity index is 1.89. The van der Waals surface area contributed by atoms with Crippen LogP contribution in [0, 0.1) is 0 Å². The van der Waals surface area contributed by atoms with Crippen molar-refractivity contribution in [1.29, 1.82) is 0 Å².